The van der Waals surface area contributed by atoms with Gasteiger partial charge in [0.25, 0.3) is 0 Å². The summed E-state index contributed by atoms with van der Waals surface area (Å²) in [5.74, 6) is 6.65. The van der Waals surface area contributed by atoms with E-state index in [2.05, 4.69) is 11.8 Å². The number of benzene rings is 1. The molecule has 1 aliphatic rings. The molecule has 0 unspecified atom stereocenters. The van der Waals surface area contributed by atoms with Crippen LogP contribution in [0.15, 0.2) is 6.07 Å². The Labute approximate surface area is 112 Å². The van der Waals surface area contributed by atoms with Crippen LogP contribution >= 0.6 is 11.6 Å². The standard InChI is InChI=1S/C13H18ClNO3/c1-2-9-10(4-7-18-15)11(14)8-12-13(9)17-6-3-5-16-12/h8H,2-7,15H2,1H3. The van der Waals surface area contributed by atoms with Gasteiger partial charge >= 0.3 is 0 Å². The van der Waals surface area contributed by atoms with E-state index in [4.69, 9.17) is 27.0 Å². The van der Waals surface area contributed by atoms with Crippen molar-refractivity contribution in [2.75, 3.05) is 19.8 Å². The highest BCUT2D eigenvalue weighted by Gasteiger charge is 2.20. The topological polar surface area (TPSA) is 53.7 Å². The summed E-state index contributed by atoms with van der Waals surface area (Å²) in [7, 11) is 0. The lowest BCUT2D eigenvalue weighted by Crippen LogP contribution is -2.08. The Morgan fingerprint density at radius 3 is 2.83 bits per heavy atom. The van der Waals surface area contributed by atoms with Crippen LogP contribution in [0.2, 0.25) is 5.02 Å². The number of hydrogen-bond donors (Lipinski definition) is 1. The van der Waals surface area contributed by atoms with Gasteiger partial charge in [0.05, 0.1) is 19.8 Å². The van der Waals surface area contributed by atoms with Crippen molar-refractivity contribution in [3.63, 3.8) is 0 Å². The minimum Gasteiger partial charge on any atom is -0.489 e. The van der Waals surface area contributed by atoms with E-state index in [1.165, 1.54) is 0 Å². The van der Waals surface area contributed by atoms with Crippen LogP contribution < -0.4 is 15.4 Å². The highest BCUT2D eigenvalue weighted by Crippen LogP contribution is 2.40. The summed E-state index contributed by atoms with van der Waals surface area (Å²) in [6, 6.07) is 1.83. The van der Waals surface area contributed by atoms with Gasteiger partial charge in [-0.1, -0.05) is 18.5 Å². The molecule has 0 atom stereocenters. The van der Waals surface area contributed by atoms with Crippen molar-refractivity contribution in [1.29, 1.82) is 0 Å². The predicted octanol–water partition coefficient (Wildman–Crippen LogP) is 2.50. The average Bonchev–Trinajstić information content (AvgIpc) is 2.60. The second-order valence-electron chi connectivity index (χ2n) is 4.17. The van der Waals surface area contributed by atoms with Gasteiger partial charge in [-0.25, -0.2) is 5.90 Å². The molecule has 0 saturated carbocycles. The van der Waals surface area contributed by atoms with Crippen LogP contribution in [0.3, 0.4) is 0 Å². The van der Waals surface area contributed by atoms with Crippen LogP contribution in [-0.4, -0.2) is 19.8 Å². The Bertz CT molecular complexity index is 423. The molecule has 1 aromatic carbocycles. The molecule has 0 bridgehead atoms. The Morgan fingerprint density at radius 1 is 1.33 bits per heavy atom. The van der Waals surface area contributed by atoms with Crippen molar-refractivity contribution < 1.29 is 14.3 Å². The third kappa shape index (κ3) is 2.71. The van der Waals surface area contributed by atoms with Gasteiger partial charge in [-0.15, -0.1) is 0 Å². The molecule has 1 aromatic rings. The van der Waals surface area contributed by atoms with E-state index in [1.807, 2.05) is 6.07 Å². The molecule has 5 heteroatoms. The van der Waals surface area contributed by atoms with Crippen molar-refractivity contribution in [3.8, 4) is 11.5 Å². The van der Waals surface area contributed by atoms with Gasteiger partial charge in [0.2, 0.25) is 0 Å². The van der Waals surface area contributed by atoms with Gasteiger partial charge in [-0.3, -0.25) is 0 Å². The lowest BCUT2D eigenvalue weighted by atomic mass is 10.0. The van der Waals surface area contributed by atoms with Crippen molar-refractivity contribution in [3.05, 3.63) is 22.2 Å². The normalized spacial score (nSPS) is 14.4. The van der Waals surface area contributed by atoms with Crippen LogP contribution in [0.25, 0.3) is 0 Å². The summed E-state index contributed by atoms with van der Waals surface area (Å²) in [4.78, 5) is 4.64. The molecule has 0 radical (unpaired) electrons. The van der Waals surface area contributed by atoms with Gasteiger partial charge < -0.3 is 14.3 Å². The van der Waals surface area contributed by atoms with E-state index < -0.39 is 0 Å². The monoisotopic (exact) mass is 271 g/mol. The fraction of sp³-hybridized carbons (Fsp3) is 0.538. The first kappa shape index (κ1) is 13.5. The second-order valence-corrected chi connectivity index (χ2v) is 4.57. The summed E-state index contributed by atoms with van der Waals surface area (Å²) in [6.45, 7) is 3.85. The van der Waals surface area contributed by atoms with Crippen molar-refractivity contribution in [2.24, 2.45) is 5.90 Å². The van der Waals surface area contributed by atoms with E-state index in [9.17, 15) is 0 Å². The first-order chi connectivity index (χ1) is 8.77. The summed E-state index contributed by atoms with van der Waals surface area (Å²) < 4.78 is 11.5. The zero-order valence-electron chi connectivity index (χ0n) is 10.5. The van der Waals surface area contributed by atoms with Gasteiger partial charge in [-0.05, 0) is 18.4 Å². The van der Waals surface area contributed by atoms with Crippen LogP contribution in [0, 0.1) is 0 Å². The molecule has 0 amide bonds. The lowest BCUT2D eigenvalue weighted by molar-refractivity contribution is 0.141. The molecule has 0 saturated heterocycles. The van der Waals surface area contributed by atoms with Gasteiger partial charge in [0, 0.05) is 23.1 Å². The molecular formula is C13H18ClNO3. The molecule has 0 spiro atoms. The van der Waals surface area contributed by atoms with Crippen LogP contribution in [0.5, 0.6) is 11.5 Å². The van der Waals surface area contributed by atoms with Crippen LogP contribution in [-0.2, 0) is 17.7 Å². The first-order valence-electron chi connectivity index (χ1n) is 6.19. The van der Waals surface area contributed by atoms with E-state index in [1.54, 1.807) is 0 Å². The fourth-order valence-electron chi connectivity index (χ4n) is 2.18. The van der Waals surface area contributed by atoms with Gasteiger partial charge in [0.1, 0.15) is 0 Å². The zero-order chi connectivity index (χ0) is 13.0. The number of nitrogens with two attached hydrogens (primary N) is 1. The smallest absolute Gasteiger partial charge is 0.164 e. The van der Waals surface area contributed by atoms with Crippen molar-refractivity contribution in [2.45, 2.75) is 26.2 Å². The van der Waals surface area contributed by atoms with Crippen molar-refractivity contribution in [1.82, 2.24) is 0 Å². The molecule has 1 aliphatic heterocycles. The van der Waals surface area contributed by atoms with E-state index >= 15 is 0 Å². The Balaban J connectivity index is 2.43. The Kier molecular flexibility index (Phi) is 4.69. The Hall–Kier alpha value is -0.970. The molecular weight excluding hydrogens is 254 g/mol. The first-order valence-corrected chi connectivity index (χ1v) is 6.57. The second kappa shape index (κ2) is 6.27. The molecule has 100 valence electrons. The SMILES string of the molecule is CCc1c(CCON)c(Cl)cc2c1OCCCO2. The molecule has 0 fully saturated rings. The summed E-state index contributed by atoms with van der Waals surface area (Å²) in [5.41, 5.74) is 2.13. The number of rotatable bonds is 4. The largest absolute Gasteiger partial charge is 0.489 e. The zero-order valence-corrected chi connectivity index (χ0v) is 11.3. The number of fused-ring (bicyclic) bond motifs is 1. The fourth-order valence-corrected chi connectivity index (χ4v) is 2.49. The Morgan fingerprint density at radius 2 is 2.11 bits per heavy atom. The van der Waals surface area contributed by atoms with Crippen molar-refractivity contribution >= 4 is 11.6 Å². The molecule has 18 heavy (non-hydrogen) atoms. The maximum absolute atomic E-state index is 6.30. The van der Waals surface area contributed by atoms with E-state index in [0.29, 0.717) is 31.3 Å². The average molecular weight is 272 g/mol. The maximum Gasteiger partial charge on any atom is 0.164 e. The molecule has 1 heterocycles. The van der Waals surface area contributed by atoms with E-state index in [-0.39, 0.29) is 0 Å². The number of halogens is 1. The van der Waals surface area contributed by atoms with Crippen LogP contribution in [0.1, 0.15) is 24.5 Å². The number of hydrogen-bond acceptors (Lipinski definition) is 4. The highest BCUT2D eigenvalue weighted by molar-refractivity contribution is 6.31. The summed E-state index contributed by atoms with van der Waals surface area (Å²) in [5, 5.41) is 0.688. The molecule has 0 aliphatic carbocycles. The van der Waals surface area contributed by atoms with Crippen LogP contribution in [0.4, 0.5) is 0 Å². The quantitative estimate of drug-likeness (QED) is 0.855. The minimum atomic E-state index is 0.437. The molecule has 2 N–H and O–H groups in total. The third-order valence-electron chi connectivity index (χ3n) is 3.02. The van der Waals surface area contributed by atoms with Gasteiger partial charge in [0.15, 0.2) is 11.5 Å². The molecule has 2 rings (SSSR count). The van der Waals surface area contributed by atoms with Gasteiger partial charge in [-0.2, -0.15) is 0 Å². The molecule has 4 nitrogen and oxygen atoms in total. The molecule has 0 aromatic heterocycles. The minimum absolute atomic E-state index is 0.437. The predicted molar refractivity (Wildman–Crippen MR) is 70.3 cm³/mol. The maximum atomic E-state index is 6.30. The lowest BCUT2D eigenvalue weighted by Gasteiger charge is -2.17. The third-order valence-corrected chi connectivity index (χ3v) is 3.36. The number of ether oxygens (including phenoxy) is 2. The summed E-state index contributed by atoms with van der Waals surface area (Å²) >= 11 is 6.30. The highest BCUT2D eigenvalue weighted by atomic mass is 35.5. The summed E-state index contributed by atoms with van der Waals surface area (Å²) in [6.07, 6.45) is 2.40. The van der Waals surface area contributed by atoms with E-state index in [0.717, 1.165) is 35.5 Å².